The average molecular weight is 176 g/mol. The van der Waals surface area contributed by atoms with E-state index in [-0.39, 0.29) is 7.43 Å². The van der Waals surface area contributed by atoms with Gasteiger partial charge in [-0.1, -0.05) is 7.43 Å². The van der Waals surface area contributed by atoms with Crippen LogP contribution in [-0.4, -0.2) is 23.1 Å². The molecule has 0 bridgehead atoms. The van der Waals surface area contributed by atoms with Crippen LogP contribution in [0.5, 0.6) is 0 Å². The quantitative estimate of drug-likeness (QED) is 0.535. The van der Waals surface area contributed by atoms with Gasteiger partial charge < -0.3 is 9.79 Å². The lowest BCUT2D eigenvalue weighted by molar-refractivity contribution is 0.508. The Balaban J connectivity index is -0.0000000720. The molecule has 0 saturated carbocycles. The third kappa shape index (κ3) is 2360. The molecule has 0 fully saturated rings. The summed E-state index contributed by atoms with van der Waals surface area (Å²) in [7, 11) is -4.26. The summed E-state index contributed by atoms with van der Waals surface area (Å²) in [6.45, 7) is 2.54. The highest BCUT2D eigenvalue weighted by molar-refractivity contribution is 7.37. The molecule has 0 aromatic heterocycles. The van der Waals surface area contributed by atoms with Gasteiger partial charge in [0.25, 0.3) is 0 Å². The van der Waals surface area contributed by atoms with Crippen LogP contribution in [0, 0.1) is 0 Å². The molecule has 0 aliphatic carbocycles. The maximum Gasteiger partial charge on any atom is 0.186 e. The van der Waals surface area contributed by atoms with Gasteiger partial charge in [0.2, 0.25) is 0 Å². The van der Waals surface area contributed by atoms with E-state index in [1.807, 2.05) is 0 Å². The monoisotopic (exact) mass is 176 g/mol. The lowest BCUT2D eigenvalue weighted by Gasteiger charge is -1.61. The highest BCUT2D eigenvalue weighted by Crippen LogP contribution is 2.00. The van der Waals surface area contributed by atoms with Crippen LogP contribution >= 0.6 is 16.1 Å². The molecular formula is C3H14O4P2. The van der Waals surface area contributed by atoms with Gasteiger partial charge in [-0.25, -0.2) is 0 Å². The number of hydrogen-bond acceptors (Lipinski definition) is 2. The molecule has 0 aliphatic rings. The predicted octanol–water partition coefficient (Wildman–Crippen LogP) is 0.802. The molecule has 2 unspecified atom stereocenters. The zero-order valence-electron chi connectivity index (χ0n) is 4.71. The average Bonchev–Trinajstić information content (AvgIpc) is 1.25. The third-order valence-electron chi connectivity index (χ3n) is 0. The Morgan fingerprint density at radius 3 is 1.00 bits per heavy atom. The maximum absolute atomic E-state index is 9.19. The first-order valence-corrected chi connectivity index (χ1v) is 5.57. The largest absolute Gasteiger partial charge is 0.346 e. The molecule has 4 nitrogen and oxygen atoms in total. The first-order valence-electron chi connectivity index (χ1n) is 1.86. The molecule has 0 radical (unpaired) electrons. The molecule has 0 amide bonds. The molecule has 0 heterocycles. The minimum absolute atomic E-state index is 0. The number of rotatable bonds is 0. The van der Waals surface area contributed by atoms with Crippen molar-refractivity contribution >= 4 is 16.1 Å². The van der Waals surface area contributed by atoms with Crippen molar-refractivity contribution in [3.8, 4) is 0 Å². The van der Waals surface area contributed by atoms with Crippen molar-refractivity contribution < 1.29 is 18.9 Å². The van der Waals surface area contributed by atoms with Gasteiger partial charge in [0.1, 0.15) is 0 Å². The van der Waals surface area contributed by atoms with Gasteiger partial charge in [-0.3, -0.25) is 9.13 Å². The Bertz CT molecular complexity index is 71.8. The number of hydrogen-bond donors (Lipinski definition) is 2. The summed E-state index contributed by atoms with van der Waals surface area (Å²) in [6.07, 6.45) is 0. The summed E-state index contributed by atoms with van der Waals surface area (Å²) in [5.74, 6) is 0. The molecule has 6 heteroatoms. The van der Waals surface area contributed by atoms with E-state index in [0.29, 0.717) is 0 Å². The van der Waals surface area contributed by atoms with Gasteiger partial charge in [-0.05, 0) is 0 Å². The molecule has 2 N–H and O–H groups in total. The van der Waals surface area contributed by atoms with Crippen molar-refractivity contribution in [2.24, 2.45) is 0 Å². The van der Waals surface area contributed by atoms with E-state index in [0.717, 1.165) is 0 Å². The molecule has 0 aromatic rings. The van der Waals surface area contributed by atoms with Crippen LogP contribution in [0.2, 0.25) is 0 Å². The first kappa shape index (κ1) is 16.2. The molecule has 2 atom stereocenters. The second-order valence-corrected chi connectivity index (χ2v) is 3.11. The zero-order valence-corrected chi connectivity index (χ0v) is 6.71. The summed E-state index contributed by atoms with van der Waals surface area (Å²) in [5.41, 5.74) is 0. The van der Waals surface area contributed by atoms with Gasteiger partial charge >= 0.3 is 0 Å². The zero-order chi connectivity index (χ0) is 7.15. The molecule has 60 valence electrons. The van der Waals surface area contributed by atoms with E-state index in [1.54, 1.807) is 0 Å². The maximum atomic E-state index is 9.19. The Morgan fingerprint density at radius 1 is 1.00 bits per heavy atom. The molecule has 0 spiro atoms. The SMILES string of the molecule is C.C[PH](=O)O.C[PH](=O)O. The van der Waals surface area contributed by atoms with Crippen molar-refractivity contribution in [3.05, 3.63) is 0 Å². The normalized spacial score (nSPS) is 13.8. The summed E-state index contributed by atoms with van der Waals surface area (Å²) >= 11 is 0. The highest BCUT2D eigenvalue weighted by Gasteiger charge is 1.60. The van der Waals surface area contributed by atoms with Gasteiger partial charge in [-0.15, -0.1) is 0 Å². The van der Waals surface area contributed by atoms with Crippen LogP contribution < -0.4 is 0 Å². The molecular weight excluding hydrogens is 162 g/mol. The fourth-order valence-electron chi connectivity index (χ4n) is 0. The second-order valence-electron chi connectivity index (χ2n) is 1.04. The topological polar surface area (TPSA) is 74.6 Å². The van der Waals surface area contributed by atoms with Crippen LogP contribution in [0.4, 0.5) is 0 Å². The lowest BCUT2D eigenvalue weighted by atomic mass is 12.0. The Kier molecular flexibility index (Phi) is 20.2. The standard InChI is InChI=1S/2CH5O2P.CH4/c2*1-4(2)3;/h2*4H,1H3,(H,2,3);1H4. The molecule has 0 aliphatic heterocycles. The van der Waals surface area contributed by atoms with Crippen LogP contribution in [0.3, 0.4) is 0 Å². The van der Waals surface area contributed by atoms with Crippen LogP contribution in [0.1, 0.15) is 7.43 Å². The fourth-order valence-corrected chi connectivity index (χ4v) is 0. The van der Waals surface area contributed by atoms with E-state index in [2.05, 4.69) is 0 Å². The van der Waals surface area contributed by atoms with E-state index in [4.69, 9.17) is 9.79 Å². The predicted molar refractivity (Wildman–Crippen MR) is 41.0 cm³/mol. The second kappa shape index (κ2) is 11.2. The minimum Gasteiger partial charge on any atom is -0.346 e. The van der Waals surface area contributed by atoms with Gasteiger partial charge in [-0.2, -0.15) is 0 Å². The van der Waals surface area contributed by atoms with Crippen LogP contribution in [-0.2, 0) is 9.13 Å². The lowest BCUT2D eigenvalue weighted by Crippen LogP contribution is -1.35. The van der Waals surface area contributed by atoms with Crippen molar-refractivity contribution in [1.82, 2.24) is 0 Å². The Hall–Kier alpha value is 0.380. The van der Waals surface area contributed by atoms with E-state index in [1.165, 1.54) is 13.3 Å². The summed E-state index contributed by atoms with van der Waals surface area (Å²) in [4.78, 5) is 15.2. The highest BCUT2D eigenvalue weighted by atomic mass is 31.1. The van der Waals surface area contributed by atoms with Crippen molar-refractivity contribution in [2.45, 2.75) is 7.43 Å². The van der Waals surface area contributed by atoms with Gasteiger partial charge in [0, 0.05) is 13.3 Å². The smallest absolute Gasteiger partial charge is 0.186 e. The Labute approximate surface area is 56.7 Å². The van der Waals surface area contributed by atoms with Crippen molar-refractivity contribution in [1.29, 1.82) is 0 Å². The van der Waals surface area contributed by atoms with Gasteiger partial charge in [0.15, 0.2) is 16.1 Å². The summed E-state index contributed by atoms with van der Waals surface area (Å²) in [6, 6.07) is 0. The van der Waals surface area contributed by atoms with E-state index < -0.39 is 16.1 Å². The Morgan fingerprint density at radius 2 is 1.00 bits per heavy atom. The molecule has 9 heavy (non-hydrogen) atoms. The molecule has 0 aromatic carbocycles. The third-order valence-corrected chi connectivity index (χ3v) is 0. The molecule has 0 saturated heterocycles. The minimum atomic E-state index is -2.13. The first-order chi connectivity index (χ1) is 3.46. The van der Waals surface area contributed by atoms with Crippen LogP contribution in [0.25, 0.3) is 0 Å². The van der Waals surface area contributed by atoms with Gasteiger partial charge in [0.05, 0.1) is 0 Å². The van der Waals surface area contributed by atoms with Crippen molar-refractivity contribution in [2.75, 3.05) is 13.3 Å². The fraction of sp³-hybridized carbons (Fsp3) is 1.00. The summed E-state index contributed by atoms with van der Waals surface area (Å²) in [5, 5.41) is 0. The molecule has 0 rings (SSSR count). The van der Waals surface area contributed by atoms with E-state index in [9.17, 15) is 9.13 Å². The van der Waals surface area contributed by atoms with Crippen LogP contribution in [0.15, 0.2) is 0 Å². The summed E-state index contributed by atoms with van der Waals surface area (Å²) < 4.78 is 18.4. The van der Waals surface area contributed by atoms with E-state index >= 15 is 0 Å². The van der Waals surface area contributed by atoms with Crippen molar-refractivity contribution in [3.63, 3.8) is 0 Å².